The molecule has 2 aromatic heterocycles. The standard InChI is InChI=1S/C20H31N5O2S.HI/c1-4-16-13-23-19(28-16)7-8-22-20(21-3)24-14-17(18-6-5-15(2)27-18)25-9-11-26-12-10-25;/h5-6,13,17H,4,7-12,14H2,1-3H3,(H2,21,22,24);1H. The maximum Gasteiger partial charge on any atom is 0.191 e. The van der Waals surface area contributed by atoms with Crippen molar-refractivity contribution in [2.24, 2.45) is 4.99 Å². The van der Waals surface area contributed by atoms with Crippen LogP contribution in [0.15, 0.2) is 27.7 Å². The fourth-order valence-corrected chi connectivity index (χ4v) is 4.12. The third-order valence-corrected chi connectivity index (χ3v) is 6.05. The first-order chi connectivity index (χ1) is 13.7. The van der Waals surface area contributed by atoms with E-state index in [1.165, 1.54) is 4.88 Å². The van der Waals surface area contributed by atoms with Gasteiger partial charge in [-0.25, -0.2) is 4.98 Å². The van der Waals surface area contributed by atoms with E-state index in [2.05, 4.69) is 38.5 Å². The van der Waals surface area contributed by atoms with Gasteiger partial charge >= 0.3 is 0 Å². The molecule has 0 saturated carbocycles. The van der Waals surface area contributed by atoms with Crippen molar-refractivity contribution in [3.8, 4) is 0 Å². The van der Waals surface area contributed by atoms with Gasteiger partial charge in [0.2, 0.25) is 0 Å². The molecule has 1 aliphatic rings. The van der Waals surface area contributed by atoms with Crippen LogP contribution in [0.5, 0.6) is 0 Å². The summed E-state index contributed by atoms with van der Waals surface area (Å²) in [6.07, 6.45) is 3.92. The molecule has 1 atom stereocenters. The van der Waals surface area contributed by atoms with Crippen molar-refractivity contribution in [1.29, 1.82) is 0 Å². The summed E-state index contributed by atoms with van der Waals surface area (Å²) in [5, 5.41) is 8.01. The number of nitrogens with one attached hydrogen (secondary N) is 2. The number of nitrogens with zero attached hydrogens (tertiary/aromatic N) is 3. The second-order valence-electron chi connectivity index (χ2n) is 6.82. The maximum atomic E-state index is 5.93. The van der Waals surface area contributed by atoms with Crippen LogP contribution in [0.3, 0.4) is 0 Å². The van der Waals surface area contributed by atoms with Crippen molar-refractivity contribution in [2.75, 3.05) is 46.4 Å². The summed E-state index contributed by atoms with van der Waals surface area (Å²) in [6, 6.07) is 4.25. The fraction of sp³-hybridized carbons (Fsp3) is 0.600. The highest BCUT2D eigenvalue weighted by atomic mass is 127. The van der Waals surface area contributed by atoms with E-state index in [-0.39, 0.29) is 30.0 Å². The Balaban J connectivity index is 0.00000300. The maximum absolute atomic E-state index is 5.93. The number of ether oxygens (including phenoxy) is 1. The Kier molecular flexibility index (Phi) is 10.4. The monoisotopic (exact) mass is 533 g/mol. The van der Waals surface area contributed by atoms with Crippen molar-refractivity contribution in [3.05, 3.63) is 39.7 Å². The molecule has 9 heteroatoms. The molecule has 1 fully saturated rings. The minimum absolute atomic E-state index is 0. The molecular formula is C20H32IN5O2S. The topological polar surface area (TPSA) is 74.9 Å². The first-order valence-electron chi connectivity index (χ1n) is 9.95. The number of rotatable bonds is 8. The van der Waals surface area contributed by atoms with Gasteiger partial charge in [0.25, 0.3) is 0 Å². The Labute approximate surface area is 194 Å². The molecule has 162 valence electrons. The molecule has 2 aromatic rings. The van der Waals surface area contributed by atoms with Crippen molar-refractivity contribution in [1.82, 2.24) is 20.5 Å². The average molecular weight is 533 g/mol. The van der Waals surface area contributed by atoms with Crippen LogP contribution in [-0.2, 0) is 17.6 Å². The average Bonchev–Trinajstić information content (AvgIpc) is 3.36. The largest absolute Gasteiger partial charge is 0.465 e. The molecule has 1 aliphatic heterocycles. The highest BCUT2D eigenvalue weighted by Gasteiger charge is 2.25. The normalized spacial score (nSPS) is 16.3. The Morgan fingerprint density at radius 2 is 2.10 bits per heavy atom. The number of hydrogen-bond donors (Lipinski definition) is 2. The lowest BCUT2D eigenvalue weighted by atomic mass is 10.1. The predicted octanol–water partition coefficient (Wildman–Crippen LogP) is 3.01. The molecule has 0 spiro atoms. The highest BCUT2D eigenvalue weighted by molar-refractivity contribution is 14.0. The van der Waals surface area contributed by atoms with E-state index in [1.807, 2.05) is 19.2 Å². The molecule has 3 heterocycles. The number of morpholine rings is 1. The third-order valence-electron chi connectivity index (χ3n) is 4.84. The molecule has 0 bridgehead atoms. The SMILES string of the molecule is CCc1cnc(CCNC(=NC)NCC(c2ccc(C)o2)N2CCOCC2)s1.I. The van der Waals surface area contributed by atoms with Crippen LogP contribution in [0.1, 0.15) is 34.4 Å². The summed E-state index contributed by atoms with van der Waals surface area (Å²) in [6.45, 7) is 9.00. The van der Waals surface area contributed by atoms with Gasteiger partial charge < -0.3 is 19.8 Å². The molecule has 29 heavy (non-hydrogen) atoms. The molecule has 2 N–H and O–H groups in total. The van der Waals surface area contributed by atoms with Gasteiger partial charge in [-0.15, -0.1) is 35.3 Å². The van der Waals surface area contributed by atoms with Crippen LogP contribution in [0.25, 0.3) is 0 Å². The van der Waals surface area contributed by atoms with E-state index < -0.39 is 0 Å². The number of aryl methyl sites for hydroxylation is 2. The molecule has 0 amide bonds. The number of guanidine groups is 1. The first-order valence-corrected chi connectivity index (χ1v) is 10.8. The van der Waals surface area contributed by atoms with Crippen LogP contribution >= 0.6 is 35.3 Å². The van der Waals surface area contributed by atoms with E-state index in [0.717, 1.165) is 74.7 Å². The van der Waals surface area contributed by atoms with E-state index in [9.17, 15) is 0 Å². The van der Waals surface area contributed by atoms with Crippen LogP contribution in [0.2, 0.25) is 0 Å². The number of halogens is 1. The lowest BCUT2D eigenvalue weighted by Gasteiger charge is -2.33. The third kappa shape index (κ3) is 7.23. The van der Waals surface area contributed by atoms with Crippen molar-refractivity contribution >= 4 is 41.3 Å². The number of hydrogen-bond acceptors (Lipinski definition) is 6. The van der Waals surface area contributed by atoms with Gasteiger partial charge in [-0.05, 0) is 25.5 Å². The molecule has 3 rings (SSSR count). The zero-order valence-electron chi connectivity index (χ0n) is 17.4. The van der Waals surface area contributed by atoms with Gasteiger partial charge in [0.1, 0.15) is 11.5 Å². The van der Waals surface area contributed by atoms with Gasteiger partial charge in [-0.1, -0.05) is 6.92 Å². The van der Waals surface area contributed by atoms with Crippen molar-refractivity contribution in [3.63, 3.8) is 0 Å². The zero-order chi connectivity index (χ0) is 19.8. The molecule has 0 aromatic carbocycles. The number of aromatic nitrogens is 1. The number of furan rings is 1. The van der Waals surface area contributed by atoms with E-state index in [0.29, 0.717) is 0 Å². The smallest absolute Gasteiger partial charge is 0.191 e. The molecule has 0 aliphatic carbocycles. The number of thiazole rings is 1. The summed E-state index contributed by atoms with van der Waals surface area (Å²) < 4.78 is 11.4. The van der Waals surface area contributed by atoms with Gasteiger partial charge in [0, 0.05) is 50.7 Å². The molecule has 1 saturated heterocycles. The van der Waals surface area contributed by atoms with Crippen LogP contribution in [0.4, 0.5) is 0 Å². The highest BCUT2D eigenvalue weighted by Crippen LogP contribution is 2.23. The Morgan fingerprint density at radius 3 is 2.72 bits per heavy atom. The molecule has 0 radical (unpaired) electrons. The van der Waals surface area contributed by atoms with Gasteiger partial charge in [-0.3, -0.25) is 9.89 Å². The second-order valence-corrected chi connectivity index (χ2v) is 8.02. The molecule has 7 nitrogen and oxygen atoms in total. The summed E-state index contributed by atoms with van der Waals surface area (Å²) >= 11 is 1.79. The van der Waals surface area contributed by atoms with E-state index in [1.54, 1.807) is 18.4 Å². The van der Waals surface area contributed by atoms with Gasteiger partial charge in [0.15, 0.2) is 5.96 Å². The van der Waals surface area contributed by atoms with E-state index in [4.69, 9.17) is 9.15 Å². The van der Waals surface area contributed by atoms with Crippen LogP contribution < -0.4 is 10.6 Å². The predicted molar refractivity (Wildman–Crippen MR) is 129 cm³/mol. The Morgan fingerprint density at radius 1 is 1.31 bits per heavy atom. The van der Waals surface area contributed by atoms with Crippen molar-refractivity contribution < 1.29 is 9.15 Å². The quantitative estimate of drug-likeness (QED) is 0.309. The van der Waals surface area contributed by atoms with Crippen molar-refractivity contribution in [2.45, 2.75) is 32.7 Å². The fourth-order valence-electron chi connectivity index (χ4n) is 3.26. The minimum atomic E-state index is 0. The van der Waals surface area contributed by atoms with E-state index >= 15 is 0 Å². The van der Waals surface area contributed by atoms with Gasteiger partial charge in [-0.2, -0.15) is 0 Å². The zero-order valence-corrected chi connectivity index (χ0v) is 20.6. The van der Waals surface area contributed by atoms with Crippen LogP contribution in [-0.4, -0.2) is 62.3 Å². The Bertz CT molecular complexity index is 758. The first kappa shape index (κ1) is 24.1. The minimum Gasteiger partial charge on any atom is -0.465 e. The van der Waals surface area contributed by atoms with Gasteiger partial charge in [0.05, 0.1) is 24.3 Å². The Hall–Kier alpha value is -1.17. The second kappa shape index (κ2) is 12.5. The number of aliphatic imine (C=N–C) groups is 1. The summed E-state index contributed by atoms with van der Waals surface area (Å²) in [5.74, 6) is 2.72. The van der Waals surface area contributed by atoms with Crippen LogP contribution in [0, 0.1) is 6.92 Å². The summed E-state index contributed by atoms with van der Waals surface area (Å²) in [5.41, 5.74) is 0. The summed E-state index contributed by atoms with van der Waals surface area (Å²) in [7, 11) is 1.80. The summed E-state index contributed by atoms with van der Waals surface area (Å²) in [4.78, 5) is 12.6. The molecule has 1 unspecified atom stereocenters. The lowest BCUT2D eigenvalue weighted by Crippen LogP contribution is -2.46. The lowest BCUT2D eigenvalue weighted by molar-refractivity contribution is 0.0124. The molecular weight excluding hydrogens is 501 g/mol.